The molecule has 0 radical (unpaired) electrons. The maximum absolute atomic E-state index is 10.0. The van der Waals surface area contributed by atoms with Crippen molar-refractivity contribution in [3.63, 3.8) is 0 Å². The molecule has 34 heavy (non-hydrogen) atoms. The number of aliphatic hydroxyl groups is 1. The second-order valence-corrected chi connectivity index (χ2v) is 9.59. The molecule has 5 rings (SSSR count). The summed E-state index contributed by atoms with van der Waals surface area (Å²) in [5.41, 5.74) is 3.88. The summed E-state index contributed by atoms with van der Waals surface area (Å²) in [6.45, 7) is 5.94. The third-order valence-corrected chi connectivity index (χ3v) is 7.30. The van der Waals surface area contributed by atoms with Crippen LogP contribution >= 0.6 is 0 Å². The highest BCUT2D eigenvalue weighted by atomic mass is 16.5. The lowest BCUT2D eigenvalue weighted by atomic mass is 9.94. The summed E-state index contributed by atoms with van der Waals surface area (Å²) in [7, 11) is 1.71. The number of likely N-dealkylation sites (tertiary alicyclic amines) is 1. The van der Waals surface area contributed by atoms with E-state index in [1.165, 1.54) is 53.5 Å². The predicted octanol–water partition coefficient (Wildman–Crippen LogP) is 4.87. The van der Waals surface area contributed by atoms with Gasteiger partial charge in [0.15, 0.2) is 0 Å². The quantitative estimate of drug-likeness (QED) is 0.519. The van der Waals surface area contributed by atoms with Crippen LogP contribution in [0.25, 0.3) is 10.8 Å². The SMILES string of the molecule is COc1ccc2c(Cc3ccc(OCCN4CCCC4)cc3)c(N3CCC(O)CC3)ccc2c1. The van der Waals surface area contributed by atoms with Gasteiger partial charge in [0, 0.05) is 31.7 Å². The molecule has 0 aromatic heterocycles. The van der Waals surface area contributed by atoms with E-state index in [1.807, 2.05) is 6.07 Å². The van der Waals surface area contributed by atoms with Crippen LogP contribution in [0.2, 0.25) is 0 Å². The lowest BCUT2D eigenvalue weighted by Crippen LogP contribution is -2.36. The Morgan fingerprint density at radius 1 is 0.882 bits per heavy atom. The fraction of sp³-hybridized carbons (Fsp3) is 0.448. The van der Waals surface area contributed by atoms with Crippen LogP contribution in [0.3, 0.4) is 0 Å². The van der Waals surface area contributed by atoms with Gasteiger partial charge < -0.3 is 19.5 Å². The van der Waals surface area contributed by atoms with Crippen molar-refractivity contribution in [3.05, 3.63) is 65.7 Å². The number of aliphatic hydroxyl groups excluding tert-OH is 1. The van der Waals surface area contributed by atoms with Crippen molar-refractivity contribution in [1.29, 1.82) is 0 Å². The van der Waals surface area contributed by atoms with E-state index in [9.17, 15) is 5.11 Å². The van der Waals surface area contributed by atoms with Crippen LogP contribution in [0.4, 0.5) is 5.69 Å². The monoisotopic (exact) mass is 460 g/mol. The molecule has 2 saturated heterocycles. The van der Waals surface area contributed by atoms with E-state index in [4.69, 9.17) is 9.47 Å². The van der Waals surface area contributed by atoms with Crippen LogP contribution in [0, 0.1) is 0 Å². The van der Waals surface area contributed by atoms with Gasteiger partial charge in [0.1, 0.15) is 18.1 Å². The van der Waals surface area contributed by atoms with Crippen molar-refractivity contribution in [2.24, 2.45) is 0 Å². The minimum absolute atomic E-state index is 0.178. The number of anilines is 1. The van der Waals surface area contributed by atoms with Crippen LogP contribution in [-0.4, -0.2) is 62.6 Å². The number of fused-ring (bicyclic) bond motifs is 1. The highest BCUT2D eigenvalue weighted by Gasteiger charge is 2.21. The van der Waals surface area contributed by atoms with E-state index in [-0.39, 0.29) is 6.10 Å². The Balaban J connectivity index is 1.36. The van der Waals surface area contributed by atoms with Gasteiger partial charge in [-0.3, -0.25) is 4.90 Å². The zero-order valence-electron chi connectivity index (χ0n) is 20.2. The van der Waals surface area contributed by atoms with Crippen molar-refractivity contribution < 1.29 is 14.6 Å². The third-order valence-electron chi connectivity index (χ3n) is 7.30. The molecule has 2 fully saturated rings. The summed E-state index contributed by atoms with van der Waals surface area (Å²) >= 11 is 0. The maximum atomic E-state index is 10.0. The van der Waals surface area contributed by atoms with Crippen molar-refractivity contribution in [1.82, 2.24) is 4.90 Å². The molecule has 1 N–H and O–H groups in total. The number of rotatable bonds is 8. The molecule has 0 bridgehead atoms. The molecule has 2 aliphatic rings. The first-order chi connectivity index (χ1) is 16.7. The molecule has 0 unspecified atom stereocenters. The van der Waals surface area contributed by atoms with Crippen molar-refractivity contribution in [2.45, 2.75) is 38.2 Å². The first kappa shape index (κ1) is 23.0. The van der Waals surface area contributed by atoms with E-state index in [0.717, 1.165) is 57.0 Å². The molecule has 0 aliphatic carbocycles. The van der Waals surface area contributed by atoms with Gasteiger partial charge in [-0.15, -0.1) is 0 Å². The van der Waals surface area contributed by atoms with E-state index in [2.05, 4.69) is 58.3 Å². The zero-order valence-corrected chi connectivity index (χ0v) is 20.2. The van der Waals surface area contributed by atoms with Crippen LogP contribution in [-0.2, 0) is 6.42 Å². The Kier molecular flexibility index (Phi) is 7.21. The van der Waals surface area contributed by atoms with Crippen molar-refractivity contribution in [2.75, 3.05) is 51.3 Å². The molecule has 2 aliphatic heterocycles. The van der Waals surface area contributed by atoms with Crippen molar-refractivity contribution in [3.8, 4) is 11.5 Å². The van der Waals surface area contributed by atoms with Crippen LogP contribution < -0.4 is 14.4 Å². The Hall–Kier alpha value is -2.76. The van der Waals surface area contributed by atoms with Gasteiger partial charge in [0.05, 0.1) is 13.2 Å². The third kappa shape index (κ3) is 5.31. The van der Waals surface area contributed by atoms with Gasteiger partial charge in [0.25, 0.3) is 0 Å². The summed E-state index contributed by atoms with van der Waals surface area (Å²) in [6.07, 6.45) is 4.95. The van der Waals surface area contributed by atoms with E-state index >= 15 is 0 Å². The first-order valence-electron chi connectivity index (χ1n) is 12.7. The number of methoxy groups -OCH3 is 1. The summed E-state index contributed by atoms with van der Waals surface area (Å²) in [5.74, 6) is 1.82. The first-order valence-corrected chi connectivity index (χ1v) is 12.7. The molecule has 0 saturated carbocycles. The number of piperidine rings is 1. The average Bonchev–Trinajstić information content (AvgIpc) is 3.39. The number of nitrogens with zero attached hydrogens (tertiary/aromatic N) is 2. The van der Waals surface area contributed by atoms with Crippen molar-refractivity contribution >= 4 is 16.5 Å². The number of benzene rings is 3. The fourth-order valence-electron chi connectivity index (χ4n) is 5.28. The zero-order chi connectivity index (χ0) is 23.3. The van der Waals surface area contributed by atoms with Gasteiger partial charge in [-0.05, 0) is 91.0 Å². The molecule has 0 atom stereocenters. The Morgan fingerprint density at radius 2 is 1.62 bits per heavy atom. The minimum atomic E-state index is -0.178. The standard InChI is InChI=1S/C29H36N2O3/c1-33-26-9-10-27-23(21-26)6-11-29(31-16-12-24(32)13-17-31)28(27)20-22-4-7-25(8-5-22)34-19-18-30-14-2-3-15-30/h4-11,21,24,32H,2-3,12-20H2,1H3. The van der Waals surface area contributed by atoms with Crippen LogP contribution in [0.15, 0.2) is 54.6 Å². The molecule has 3 aromatic carbocycles. The molecule has 2 heterocycles. The van der Waals surface area contributed by atoms with E-state index < -0.39 is 0 Å². The molecule has 0 spiro atoms. The molecule has 180 valence electrons. The number of ether oxygens (including phenoxy) is 2. The van der Waals surface area contributed by atoms with Gasteiger partial charge in [-0.1, -0.05) is 24.3 Å². The van der Waals surface area contributed by atoms with Crippen LogP contribution in [0.1, 0.15) is 36.8 Å². The minimum Gasteiger partial charge on any atom is -0.497 e. The topological polar surface area (TPSA) is 45.2 Å². The number of hydrogen-bond acceptors (Lipinski definition) is 5. The molecule has 0 amide bonds. The Labute approximate surface area is 202 Å². The smallest absolute Gasteiger partial charge is 0.119 e. The highest BCUT2D eigenvalue weighted by Crippen LogP contribution is 2.34. The molecular formula is C29H36N2O3. The second kappa shape index (κ2) is 10.7. The molecular weight excluding hydrogens is 424 g/mol. The van der Waals surface area contributed by atoms with E-state index in [1.54, 1.807) is 7.11 Å². The Morgan fingerprint density at radius 3 is 2.35 bits per heavy atom. The van der Waals surface area contributed by atoms with Gasteiger partial charge in [-0.2, -0.15) is 0 Å². The van der Waals surface area contributed by atoms with Gasteiger partial charge in [0.2, 0.25) is 0 Å². The molecule has 5 heteroatoms. The Bertz CT molecular complexity index is 1080. The van der Waals surface area contributed by atoms with Gasteiger partial charge in [-0.25, -0.2) is 0 Å². The molecule has 3 aromatic rings. The fourth-order valence-corrected chi connectivity index (χ4v) is 5.28. The summed E-state index contributed by atoms with van der Waals surface area (Å²) < 4.78 is 11.5. The van der Waals surface area contributed by atoms with E-state index in [0.29, 0.717) is 0 Å². The second-order valence-electron chi connectivity index (χ2n) is 9.59. The average molecular weight is 461 g/mol. The lowest BCUT2D eigenvalue weighted by molar-refractivity contribution is 0.145. The summed E-state index contributed by atoms with van der Waals surface area (Å²) in [6, 6.07) is 19.4. The predicted molar refractivity (Wildman–Crippen MR) is 138 cm³/mol. The highest BCUT2D eigenvalue weighted by molar-refractivity contribution is 5.91. The summed E-state index contributed by atoms with van der Waals surface area (Å²) in [5, 5.41) is 12.5. The molecule has 5 nitrogen and oxygen atoms in total. The number of hydrogen-bond donors (Lipinski definition) is 1. The normalized spacial score (nSPS) is 17.4. The lowest BCUT2D eigenvalue weighted by Gasteiger charge is -2.33. The van der Waals surface area contributed by atoms with Crippen LogP contribution in [0.5, 0.6) is 11.5 Å². The largest absolute Gasteiger partial charge is 0.497 e. The van der Waals surface area contributed by atoms with Gasteiger partial charge >= 0.3 is 0 Å². The maximum Gasteiger partial charge on any atom is 0.119 e. The summed E-state index contributed by atoms with van der Waals surface area (Å²) in [4.78, 5) is 4.91.